The molecular weight excluding hydrogens is 262 g/mol. The highest BCUT2D eigenvalue weighted by Gasteiger charge is 2.31. The third-order valence-corrected chi connectivity index (χ3v) is 5.15. The van der Waals surface area contributed by atoms with Crippen molar-refractivity contribution in [3.05, 3.63) is 54.1 Å². The molecule has 1 aromatic carbocycles. The number of hydrogen-bond acceptors (Lipinski definition) is 2. The zero-order valence-corrected chi connectivity index (χ0v) is 11.5. The Bertz CT molecular complexity index is 706. The maximum atomic E-state index is 12.5. The van der Waals surface area contributed by atoms with Crippen molar-refractivity contribution in [1.29, 1.82) is 0 Å². The summed E-state index contributed by atoms with van der Waals surface area (Å²) < 4.78 is 29.5. The van der Waals surface area contributed by atoms with Gasteiger partial charge < -0.3 is 0 Å². The molecule has 100 valence electrons. The number of aryl methyl sites for hydroxylation is 1. The Labute approximate surface area is 112 Å². The van der Waals surface area contributed by atoms with Gasteiger partial charge >= 0.3 is 10.2 Å². The van der Waals surface area contributed by atoms with Gasteiger partial charge in [-0.2, -0.15) is 12.7 Å². The van der Waals surface area contributed by atoms with Gasteiger partial charge in [0.15, 0.2) is 0 Å². The molecule has 0 saturated carbocycles. The smallest absolute Gasteiger partial charge is 0.238 e. The van der Waals surface area contributed by atoms with Crippen molar-refractivity contribution >= 4 is 10.2 Å². The van der Waals surface area contributed by atoms with Gasteiger partial charge in [0.2, 0.25) is 0 Å². The Hall–Kier alpha value is -1.66. The van der Waals surface area contributed by atoms with Crippen molar-refractivity contribution in [2.45, 2.75) is 13.0 Å². The number of aromatic nitrogens is 2. The Morgan fingerprint density at radius 1 is 1.21 bits per heavy atom. The number of hydrogen-bond donors (Lipinski definition) is 0. The number of fused-ring (bicyclic) bond motifs is 1. The van der Waals surface area contributed by atoms with Crippen LogP contribution in [-0.2, 0) is 30.2 Å². The molecule has 0 spiro atoms. The standard InChI is InChI=1S/C13H16N3O2S/c1-14-8-9-16(11-14)19(17,18)15-7-6-12-4-2-3-5-13(12)10-15/h2-5,8-9,11H,6-7,10H2,1H3/q+1. The van der Waals surface area contributed by atoms with E-state index in [4.69, 9.17) is 0 Å². The van der Waals surface area contributed by atoms with Crippen LogP contribution in [0, 0.1) is 0 Å². The molecule has 1 aromatic heterocycles. The quantitative estimate of drug-likeness (QED) is 0.749. The number of rotatable bonds is 2. The van der Waals surface area contributed by atoms with Crippen molar-refractivity contribution in [2.24, 2.45) is 7.05 Å². The minimum atomic E-state index is -3.45. The highest BCUT2D eigenvalue weighted by atomic mass is 32.2. The van der Waals surface area contributed by atoms with Crippen molar-refractivity contribution in [3.8, 4) is 0 Å². The first-order chi connectivity index (χ1) is 9.07. The SMILES string of the molecule is C[n+]1ccn(S(=O)(=O)N2CCc3ccccc3C2)c1. The summed E-state index contributed by atoms with van der Waals surface area (Å²) in [5.74, 6) is 0. The van der Waals surface area contributed by atoms with Crippen LogP contribution in [0.2, 0.25) is 0 Å². The van der Waals surface area contributed by atoms with Gasteiger partial charge in [-0.05, 0) is 17.5 Å². The molecule has 0 unspecified atom stereocenters. The monoisotopic (exact) mass is 278 g/mol. The molecule has 1 aliphatic heterocycles. The van der Waals surface area contributed by atoms with E-state index in [-0.39, 0.29) is 0 Å². The van der Waals surface area contributed by atoms with Crippen LogP contribution >= 0.6 is 0 Å². The molecule has 3 rings (SSSR count). The van der Waals surface area contributed by atoms with Gasteiger partial charge in [-0.3, -0.25) is 0 Å². The molecule has 0 radical (unpaired) electrons. The second kappa shape index (κ2) is 4.47. The Kier molecular flexibility index (Phi) is 2.91. The minimum absolute atomic E-state index is 0.445. The normalized spacial score (nSPS) is 16.3. The summed E-state index contributed by atoms with van der Waals surface area (Å²) >= 11 is 0. The van der Waals surface area contributed by atoms with Gasteiger partial charge in [0.25, 0.3) is 6.33 Å². The van der Waals surface area contributed by atoms with Crippen molar-refractivity contribution < 1.29 is 13.0 Å². The lowest BCUT2D eigenvalue weighted by Crippen LogP contribution is -2.39. The van der Waals surface area contributed by atoms with Crippen LogP contribution in [-0.4, -0.2) is 23.2 Å². The summed E-state index contributed by atoms with van der Waals surface area (Å²) in [6.45, 7) is 0.974. The van der Waals surface area contributed by atoms with E-state index < -0.39 is 10.2 Å². The van der Waals surface area contributed by atoms with Crippen LogP contribution in [0.4, 0.5) is 0 Å². The van der Waals surface area contributed by atoms with E-state index in [0.29, 0.717) is 13.1 Å². The second-order valence-corrected chi connectivity index (χ2v) is 6.60. The van der Waals surface area contributed by atoms with Crippen molar-refractivity contribution in [1.82, 2.24) is 8.28 Å². The van der Waals surface area contributed by atoms with Crippen LogP contribution in [0.25, 0.3) is 0 Å². The molecule has 0 atom stereocenters. The molecule has 0 aliphatic carbocycles. The molecule has 5 nitrogen and oxygen atoms in total. The number of nitrogens with zero attached hydrogens (tertiary/aromatic N) is 3. The maximum Gasteiger partial charge on any atom is 0.380 e. The molecular formula is C13H16N3O2S+. The van der Waals surface area contributed by atoms with Gasteiger partial charge in [0.1, 0.15) is 12.4 Å². The Morgan fingerprint density at radius 3 is 2.63 bits per heavy atom. The van der Waals surface area contributed by atoms with Crippen LogP contribution in [0.1, 0.15) is 11.1 Å². The maximum absolute atomic E-state index is 12.5. The molecule has 0 N–H and O–H groups in total. The van der Waals surface area contributed by atoms with E-state index in [1.807, 2.05) is 18.2 Å². The Morgan fingerprint density at radius 2 is 1.95 bits per heavy atom. The zero-order valence-electron chi connectivity index (χ0n) is 10.7. The third-order valence-electron chi connectivity index (χ3n) is 3.43. The molecule has 0 fully saturated rings. The summed E-state index contributed by atoms with van der Waals surface area (Å²) in [7, 11) is -1.65. The molecule has 19 heavy (non-hydrogen) atoms. The summed E-state index contributed by atoms with van der Waals surface area (Å²) in [6, 6.07) is 8.00. The fraction of sp³-hybridized carbons (Fsp3) is 0.308. The number of benzene rings is 1. The minimum Gasteiger partial charge on any atom is -0.238 e. The fourth-order valence-electron chi connectivity index (χ4n) is 2.36. The lowest BCUT2D eigenvalue weighted by Gasteiger charge is -2.25. The highest BCUT2D eigenvalue weighted by Crippen LogP contribution is 2.21. The predicted molar refractivity (Wildman–Crippen MR) is 70.5 cm³/mol. The third kappa shape index (κ3) is 2.17. The molecule has 0 saturated heterocycles. The summed E-state index contributed by atoms with van der Waals surface area (Å²) in [5, 5.41) is 0. The first-order valence-electron chi connectivity index (χ1n) is 6.18. The van der Waals surface area contributed by atoms with Crippen molar-refractivity contribution in [2.75, 3.05) is 6.54 Å². The first kappa shape index (κ1) is 12.4. The van der Waals surface area contributed by atoms with Crippen LogP contribution in [0.3, 0.4) is 0 Å². The topological polar surface area (TPSA) is 46.2 Å². The highest BCUT2D eigenvalue weighted by molar-refractivity contribution is 7.87. The average molecular weight is 278 g/mol. The summed E-state index contributed by atoms with van der Waals surface area (Å²) in [5.41, 5.74) is 2.33. The largest absolute Gasteiger partial charge is 0.380 e. The molecule has 1 aliphatic rings. The van der Waals surface area contributed by atoms with E-state index in [1.54, 1.807) is 30.3 Å². The van der Waals surface area contributed by atoms with Gasteiger partial charge in [-0.1, -0.05) is 24.3 Å². The van der Waals surface area contributed by atoms with E-state index in [9.17, 15) is 8.42 Å². The Balaban J connectivity index is 1.93. The van der Waals surface area contributed by atoms with Crippen LogP contribution in [0.5, 0.6) is 0 Å². The zero-order chi connectivity index (χ0) is 13.5. The van der Waals surface area contributed by atoms with Gasteiger partial charge in [0, 0.05) is 13.1 Å². The van der Waals surface area contributed by atoms with Crippen LogP contribution in [0.15, 0.2) is 43.0 Å². The van der Waals surface area contributed by atoms with E-state index in [0.717, 1.165) is 12.0 Å². The first-order valence-corrected chi connectivity index (χ1v) is 7.58. The van der Waals surface area contributed by atoms with E-state index in [2.05, 4.69) is 6.07 Å². The molecule has 0 bridgehead atoms. The predicted octanol–water partition coefficient (Wildman–Crippen LogP) is 0.464. The van der Waals surface area contributed by atoms with E-state index >= 15 is 0 Å². The van der Waals surface area contributed by atoms with Gasteiger partial charge in [0.05, 0.1) is 7.05 Å². The summed E-state index contributed by atoms with van der Waals surface area (Å²) in [4.78, 5) is 0. The molecule has 2 heterocycles. The number of imidazole rings is 1. The molecule has 2 aromatic rings. The van der Waals surface area contributed by atoms with Crippen molar-refractivity contribution in [3.63, 3.8) is 0 Å². The van der Waals surface area contributed by atoms with Gasteiger partial charge in [-0.25, -0.2) is 4.57 Å². The van der Waals surface area contributed by atoms with Crippen LogP contribution < -0.4 is 4.57 Å². The second-order valence-electron chi connectivity index (χ2n) is 4.77. The summed E-state index contributed by atoms with van der Waals surface area (Å²) in [6.07, 6.45) is 5.62. The van der Waals surface area contributed by atoms with Gasteiger partial charge in [-0.15, -0.1) is 3.97 Å². The molecule has 6 heteroatoms. The van der Waals surface area contributed by atoms with E-state index in [1.165, 1.54) is 13.8 Å². The lowest BCUT2D eigenvalue weighted by atomic mass is 10.0. The molecule has 0 amide bonds. The lowest BCUT2D eigenvalue weighted by molar-refractivity contribution is -0.670. The average Bonchev–Trinajstić information content (AvgIpc) is 2.85. The fourth-order valence-corrected chi connectivity index (χ4v) is 3.73.